The van der Waals surface area contributed by atoms with Crippen LogP contribution >= 0.6 is 23.2 Å². The van der Waals surface area contributed by atoms with Crippen LogP contribution in [0.2, 0.25) is 10.0 Å². The maximum Gasteiger partial charge on any atom is 0.242 e. The number of methoxy groups -OCH3 is 1. The van der Waals surface area contributed by atoms with E-state index in [4.69, 9.17) is 27.9 Å². The maximum atomic E-state index is 13.4. The standard InChI is InChI=1S/C26H35Cl2N3O5S/c1-18(25(33)29-26(2,3)4)30(17-19-13-14-20(27)16-21(19)28)24(32)12-9-15-31(37(6,34)35)22-10-7-8-11-23(22)36-5/h7-8,10-11,13-14,16,18H,9,12,15,17H2,1-6H3,(H,29,33)/t18-/m1/s1. The minimum atomic E-state index is -3.64. The Hall–Kier alpha value is -2.49. The fourth-order valence-electron chi connectivity index (χ4n) is 3.71. The minimum Gasteiger partial charge on any atom is -0.495 e. The van der Waals surface area contributed by atoms with Gasteiger partial charge in [-0.05, 0) is 63.9 Å². The molecule has 0 aliphatic heterocycles. The van der Waals surface area contributed by atoms with Crippen molar-refractivity contribution >= 4 is 50.7 Å². The van der Waals surface area contributed by atoms with E-state index >= 15 is 0 Å². The highest BCUT2D eigenvalue weighted by Gasteiger charge is 2.29. The third kappa shape index (κ3) is 9.09. The lowest BCUT2D eigenvalue weighted by Crippen LogP contribution is -2.52. The number of halogens is 2. The van der Waals surface area contributed by atoms with Crippen molar-refractivity contribution in [1.82, 2.24) is 10.2 Å². The van der Waals surface area contributed by atoms with Gasteiger partial charge in [0.15, 0.2) is 0 Å². The van der Waals surface area contributed by atoms with E-state index in [0.29, 0.717) is 27.0 Å². The second kappa shape index (κ2) is 12.8. The first-order valence-corrected chi connectivity index (χ1v) is 14.4. The van der Waals surface area contributed by atoms with Crippen LogP contribution < -0.4 is 14.4 Å². The van der Waals surface area contributed by atoms with Gasteiger partial charge in [-0.1, -0.05) is 41.4 Å². The average molecular weight is 573 g/mol. The van der Waals surface area contributed by atoms with Gasteiger partial charge >= 0.3 is 0 Å². The Morgan fingerprint density at radius 3 is 2.32 bits per heavy atom. The normalized spacial score (nSPS) is 12.5. The van der Waals surface area contributed by atoms with Crippen LogP contribution in [0.15, 0.2) is 42.5 Å². The molecule has 1 atom stereocenters. The summed E-state index contributed by atoms with van der Waals surface area (Å²) in [5.74, 6) is -0.209. The number of para-hydroxylation sites is 2. The maximum absolute atomic E-state index is 13.4. The summed E-state index contributed by atoms with van der Waals surface area (Å²) in [4.78, 5) is 27.8. The molecule has 0 fully saturated rings. The second-order valence-electron chi connectivity index (χ2n) is 9.78. The number of rotatable bonds is 11. The van der Waals surface area contributed by atoms with Crippen LogP contribution in [0, 0.1) is 0 Å². The molecule has 0 saturated carbocycles. The minimum absolute atomic E-state index is 0.0134. The summed E-state index contributed by atoms with van der Waals surface area (Å²) in [7, 11) is -2.18. The fraction of sp³-hybridized carbons (Fsp3) is 0.462. The molecular weight excluding hydrogens is 537 g/mol. The van der Waals surface area contributed by atoms with Gasteiger partial charge in [0, 0.05) is 35.1 Å². The van der Waals surface area contributed by atoms with E-state index in [0.717, 1.165) is 6.26 Å². The molecule has 0 bridgehead atoms. The Bertz CT molecular complexity index is 1210. The van der Waals surface area contributed by atoms with Gasteiger partial charge in [-0.25, -0.2) is 8.42 Å². The first-order valence-electron chi connectivity index (χ1n) is 11.8. The second-order valence-corrected chi connectivity index (χ2v) is 12.5. The molecule has 2 rings (SSSR count). The molecule has 2 amide bonds. The van der Waals surface area contributed by atoms with Crippen molar-refractivity contribution in [2.24, 2.45) is 0 Å². The number of carbonyl (C=O) groups is 2. The van der Waals surface area contributed by atoms with E-state index in [9.17, 15) is 18.0 Å². The van der Waals surface area contributed by atoms with Crippen molar-refractivity contribution < 1.29 is 22.7 Å². The smallest absolute Gasteiger partial charge is 0.242 e. The zero-order valence-corrected chi connectivity index (χ0v) is 24.4. The lowest BCUT2D eigenvalue weighted by atomic mass is 10.1. The fourth-order valence-corrected chi connectivity index (χ4v) is 5.15. The van der Waals surface area contributed by atoms with Crippen molar-refractivity contribution in [3.8, 4) is 5.75 Å². The van der Waals surface area contributed by atoms with E-state index in [1.54, 1.807) is 49.4 Å². The number of carbonyl (C=O) groups excluding carboxylic acids is 2. The molecule has 2 aromatic rings. The molecular formula is C26H35Cl2N3O5S. The number of nitrogens with one attached hydrogen (secondary N) is 1. The van der Waals surface area contributed by atoms with Crippen LogP contribution in [0.25, 0.3) is 0 Å². The molecule has 0 heterocycles. The number of sulfonamides is 1. The number of amides is 2. The van der Waals surface area contributed by atoms with Gasteiger partial charge in [-0.15, -0.1) is 0 Å². The lowest BCUT2D eigenvalue weighted by Gasteiger charge is -2.32. The molecule has 1 N–H and O–H groups in total. The summed E-state index contributed by atoms with van der Waals surface area (Å²) < 4.78 is 31.6. The summed E-state index contributed by atoms with van der Waals surface area (Å²) in [6.45, 7) is 7.38. The van der Waals surface area contributed by atoms with Crippen molar-refractivity contribution in [2.75, 3.05) is 24.2 Å². The topological polar surface area (TPSA) is 96.0 Å². The van der Waals surface area contributed by atoms with E-state index in [2.05, 4.69) is 5.32 Å². The Morgan fingerprint density at radius 1 is 1.11 bits per heavy atom. The van der Waals surface area contributed by atoms with Crippen LogP contribution in [0.5, 0.6) is 5.75 Å². The highest BCUT2D eigenvalue weighted by molar-refractivity contribution is 7.92. The summed E-state index contributed by atoms with van der Waals surface area (Å²) >= 11 is 12.4. The summed E-state index contributed by atoms with van der Waals surface area (Å²) in [5.41, 5.74) is 0.548. The largest absolute Gasteiger partial charge is 0.495 e. The molecule has 204 valence electrons. The van der Waals surface area contributed by atoms with Gasteiger partial charge in [0.05, 0.1) is 19.1 Å². The number of nitrogens with zero attached hydrogens (tertiary/aromatic N) is 2. The predicted octanol–water partition coefficient (Wildman–Crippen LogP) is 4.88. The van der Waals surface area contributed by atoms with E-state index in [-0.39, 0.29) is 37.7 Å². The molecule has 0 spiro atoms. The van der Waals surface area contributed by atoms with Gasteiger partial charge in [0.25, 0.3) is 0 Å². The number of ether oxygens (including phenoxy) is 1. The number of benzene rings is 2. The van der Waals surface area contributed by atoms with Crippen molar-refractivity contribution in [1.29, 1.82) is 0 Å². The van der Waals surface area contributed by atoms with Crippen LogP contribution in [0.3, 0.4) is 0 Å². The molecule has 11 heteroatoms. The van der Waals surface area contributed by atoms with E-state index < -0.39 is 21.6 Å². The van der Waals surface area contributed by atoms with Crippen molar-refractivity contribution in [2.45, 2.75) is 58.7 Å². The summed E-state index contributed by atoms with van der Waals surface area (Å²) in [5, 5.41) is 3.75. The number of hydrogen-bond acceptors (Lipinski definition) is 5. The third-order valence-corrected chi connectivity index (χ3v) is 7.29. The van der Waals surface area contributed by atoms with Crippen LogP contribution in [-0.2, 0) is 26.2 Å². The lowest BCUT2D eigenvalue weighted by molar-refractivity contribution is -0.141. The molecule has 0 radical (unpaired) electrons. The highest BCUT2D eigenvalue weighted by atomic mass is 35.5. The summed E-state index contributed by atoms with van der Waals surface area (Å²) in [6.07, 6.45) is 1.34. The van der Waals surface area contributed by atoms with Gasteiger partial charge in [-0.2, -0.15) is 0 Å². The zero-order chi connectivity index (χ0) is 28.0. The average Bonchev–Trinajstić information content (AvgIpc) is 2.79. The molecule has 0 saturated heterocycles. The number of anilines is 1. The third-order valence-electron chi connectivity index (χ3n) is 5.53. The molecule has 0 unspecified atom stereocenters. The van der Waals surface area contributed by atoms with Crippen molar-refractivity contribution in [3.63, 3.8) is 0 Å². The van der Waals surface area contributed by atoms with E-state index in [1.165, 1.54) is 16.3 Å². The highest BCUT2D eigenvalue weighted by Crippen LogP contribution is 2.30. The molecule has 2 aromatic carbocycles. The van der Waals surface area contributed by atoms with Crippen molar-refractivity contribution in [3.05, 3.63) is 58.1 Å². The molecule has 8 nitrogen and oxygen atoms in total. The molecule has 0 aromatic heterocycles. The zero-order valence-electron chi connectivity index (χ0n) is 22.0. The SMILES string of the molecule is COc1ccccc1N(CCCC(=O)N(Cc1ccc(Cl)cc1Cl)[C@H](C)C(=O)NC(C)(C)C)S(C)(=O)=O. The Kier molecular flexibility index (Phi) is 10.7. The van der Waals surface area contributed by atoms with Gasteiger partial charge in [-0.3, -0.25) is 13.9 Å². The van der Waals surface area contributed by atoms with Gasteiger partial charge in [0.2, 0.25) is 21.8 Å². The van der Waals surface area contributed by atoms with Gasteiger partial charge < -0.3 is 15.0 Å². The first-order chi connectivity index (χ1) is 17.1. The summed E-state index contributed by atoms with van der Waals surface area (Å²) in [6, 6.07) is 11.0. The van der Waals surface area contributed by atoms with Crippen LogP contribution in [-0.4, -0.2) is 56.6 Å². The molecule has 37 heavy (non-hydrogen) atoms. The predicted molar refractivity (Wildman–Crippen MR) is 149 cm³/mol. The van der Waals surface area contributed by atoms with Gasteiger partial charge in [0.1, 0.15) is 11.8 Å². The number of hydrogen-bond donors (Lipinski definition) is 1. The van der Waals surface area contributed by atoms with Crippen LogP contribution in [0.1, 0.15) is 46.1 Å². The first kappa shape index (κ1) is 30.7. The molecule has 0 aliphatic rings. The van der Waals surface area contributed by atoms with E-state index in [1.807, 2.05) is 20.8 Å². The van der Waals surface area contributed by atoms with Crippen LogP contribution in [0.4, 0.5) is 5.69 Å². The Labute approximate surface area is 229 Å². The Balaban J connectivity index is 2.25. The quantitative estimate of drug-likeness (QED) is 0.414. The monoisotopic (exact) mass is 571 g/mol. The molecule has 0 aliphatic carbocycles. The Morgan fingerprint density at radius 2 is 1.76 bits per heavy atom.